The second kappa shape index (κ2) is 5.51. The fourth-order valence-corrected chi connectivity index (χ4v) is 2.47. The molecule has 0 aliphatic heterocycles. The molecule has 0 unspecified atom stereocenters. The van der Waals surface area contributed by atoms with E-state index in [0.29, 0.717) is 23.6 Å². The highest BCUT2D eigenvalue weighted by atomic mass is 79.9. The minimum absolute atomic E-state index is 0.271. The second-order valence-corrected chi connectivity index (χ2v) is 5.70. The Hall–Kier alpha value is -1.07. The van der Waals surface area contributed by atoms with E-state index in [4.69, 9.17) is 16.3 Å². The highest BCUT2D eigenvalue weighted by molar-refractivity contribution is 9.10. The minimum atomic E-state index is -1.02. The molecule has 1 aromatic carbocycles. The third kappa shape index (κ3) is 2.92. The molecule has 1 aliphatic carbocycles. The van der Waals surface area contributed by atoms with Gasteiger partial charge in [0.05, 0.1) is 17.3 Å². The van der Waals surface area contributed by atoms with Crippen LogP contribution >= 0.6 is 27.5 Å². The highest BCUT2D eigenvalue weighted by Gasteiger charge is 2.58. The van der Waals surface area contributed by atoms with Crippen LogP contribution in [-0.4, -0.2) is 18.5 Å². The van der Waals surface area contributed by atoms with Crippen LogP contribution in [0.25, 0.3) is 0 Å². The minimum Gasteiger partial charge on any atom is -0.465 e. The predicted octanol–water partition coefficient (Wildman–Crippen LogP) is 3.38. The molecule has 0 saturated heterocycles. The molecule has 0 aromatic heterocycles. The summed E-state index contributed by atoms with van der Waals surface area (Å²) in [5.41, 5.74) is -0.530. The average Bonchev–Trinajstić information content (AvgIpc) is 3.14. The van der Waals surface area contributed by atoms with Gasteiger partial charge in [-0.3, -0.25) is 9.59 Å². The lowest BCUT2D eigenvalue weighted by Gasteiger charge is -2.14. The van der Waals surface area contributed by atoms with Crippen LogP contribution in [0.5, 0.6) is 0 Å². The predicted molar refractivity (Wildman–Crippen MR) is 76.1 cm³/mol. The Balaban J connectivity index is 2.11. The number of esters is 1. The van der Waals surface area contributed by atoms with Crippen molar-refractivity contribution in [1.29, 1.82) is 0 Å². The smallest absolute Gasteiger partial charge is 0.321 e. The lowest BCUT2D eigenvalue weighted by molar-refractivity contribution is -0.152. The third-order valence-corrected chi connectivity index (χ3v) is 3.84. The average molecular weight is 347 g/mol. The van der Waals surface area contributed by atoms with Gasteiger partial charge in [0.25, 0.3) is 0 Å². The van der Waals surface area contributed by atoms with Crippen molar-refractivity contribution in [1.82, 2.24) is 0 Å². The Labute approximate surface area is 124 Å². The second-order valence-electron chi connectivity index (χ2n) is 4.38. The maximum atomic E-state index is 12.2. The molecular formula is C13H13BrClNO3. The molecule has 0 radical (unpaired) electrons. The summed E-state index contributed by atoms with van der Waals surface area (Å²) in [4.78, 5) is 23.9. The summed E-state index contributed by atoms with van der Waals surface area (Å²) >= 11 is 9.31. The zero-order valence-corrected chi connectivity index (χ0v) is 12.7. The molecule has 0 bridgehead atoms. The molecule has 2 rings (SSSR count). The summed E-state index contributed by atoms with van der Waals surface area (Å²) in [5, 5.41) is 3.11. The summed E-state index contributed by atoms with van der Waals surface area (Å²) in [7, 11) is 0. The standard InChI is InChI=1S/C13H13BrClNO3/c1-2-19-12(18)13(5-6-13)11(17)16-10-4-3-8(14)7-9(10)15/h3-4,7H,2,5-6H2,1H3,(H,16,17). The lowest BCUT2D eigenvalue weighted by Crippen LogP contribution is -2.33. The van der Waals surface area contributed by atoms with Gasteiger partial charge in [0.15, 0.2) is 0 Å². The Bertz CT molecular complexity index is 529. The van der Waals surface area contributed by atoms with Gasteiger partial charge in [0.1, 0.15) is 5.41 Å². The summed E-state index contributed by atoms with van der Waals surface area (Å²) in [6.45, 7) is 1.99. The van der Waals surface area contributed by atoms with Crippen molar-refractivity contribution < 1.29 is 14.3 Å². The number of ether oxygens (including phenoxy) is 1. The number of benzene rings is 1. The van der Waals surface area contributed by atoms with Crippen molar-refractivity contribution in [2.75, 3.05) is 11.9 Å². The SMILES string of the molecule is CCOC(=O)C1(C(=O)Nc2ccc(Br)cc2Cl)CC1. The van der Waals surface area contributed by atoms with E-state index in [1.807, 2.05) is 0 Å². The van der Waals surface area contributed by atoms with Gasteiger partial charge in [0, 0.05) is 4.47 Å². The summed E-state index contributed by atoms with van der Waals surface area (Å²) in [6.07, 6.45) is 1.04. The van der Waals surface area contributed by atoms with Crippen molar-refractivity contribution in [2.24, 2.45) is 5.41 Å². The van der Waals surface area contributed by atoms with Crippen LogP contribution in [-0.2, 0) is 14.3 Å². The van der Waals surface area contributed by atoms with Gasteiger partial charge >= 0.3 is 5.97 Å². The summed E-state index contributed by atoms with van der Waals surface area (Å²) in [5.74, 6) is -0.809. The van der Waals surface area contributed by atoms with Crippen molar-refractivity contribution in [3.05, 3.63) is 27.7 Å². The van der Waals surface area contributed by atoms with Crippen molar-refractivity contribution in [3.8, 4) is 0 Å². The Kier molecular flexibility index (Phi) is 4.16. The molecule has 1 amide bonds. The number of hydrogen-bond donors (Lipinski definition) is 1. The van der Waals surface area contributed by atoms with E-state index in [1.165, 1.54) is 0 Å². The number of nitrogens with one attached hydrogen (secondary N) is 1. The number of anilines is 1. The van der Waals surface area contributed by atoms with Crippen molar-refractivity contribution >= 4 is 45.1 Å². The summed E-state index contributed by atoms with van der Waals surface area (Å²) < 4.78 is 5.76. The molecular weight excluding hydrogens is 334 g/mol. The molecule has 1 saturated carbocycles. The van der Waals surface area contributed by atoms with E-state index in [-0.39, 0.29) is 12.5 Å². The number of hydrogen-bond acceptors (Lipinski definition) is 3. The van der Waals surface area contributed by atoms with Gasteiger partial charge in [-0.1, -0.05) is 27.5 Å². The molecule has 1 aliphatic rings. The zero-order chi connectivity index (χ0) is 14.0. The first-order valence-electron chi connectivity index (χ1n) is 5.93. The Morgan fingerprint density at radius 2 is 2.16 bits per heavy atom. The van der Waals surface area contributed by atoms with Gasteiger partial charge in [-0.15, -0.1) is 0 Å². The van der Waals surface area contributed by atoms with Crippen LogP contribution in [0.4, 0.5) is 5.69 Å². The van der Waals surface area contributed by atoms with Crippen LogP contribution in [0.2, 0.25) is 5.02 Å². The van der Waals surface area contributed by atoms with E-state index in [9.17, 15) is 9.59 Å². The molecule has 1 N–H and O–H groups in total. The molecule has 0 heterocycles. The molecule has 1 aromatic rings. The van der Waals surface area contributed by atoms with Gasteiger partial charge < -0.3 is 10.1 Å². The van der Waals surface area contributed by atoms with E-state index in [2.05, 4.69) is 21.2 Å². The quantitative estimate of drug-likeness (QED) is 0.671. The number of amides is 1. The van der Waals surface area contributed by atoms with Crippen molar-refractivity contribution in [3.63, 3.8) is 0 Å². The van der Waals surface area contributed by atoms with Crippen LogP contribution in [0, 0.1) is 5.41 Å². The van der Waals surface area contributed by atoms with Gasteiger partial charge in [0.2, 0.25) is 5.91 Å². The van der Waals surface area contributed by atoms with Crippen LogP contribution in [0.15, 0.2) is 22.7 Å². The topological polar surface area (TPSA) is 55.4 Å². The molecule has 6 heteroatoms. The zero-order valence-electron chi connectivity index (χ0n) is 10.3. The van der Waals surface area contributed by atoms with Gasteiger partial charge in [-0.05, 0) is 38.0 Å². The number of carbonyl (C=O) groups excluding carboxylic acids is 2. The highest BCUT2D eigenvalue weighted by Crippen LogP contribution is 2.48. The van der Waals surface area contributed by atoms with Gasteiger partial charge in [-0.2, -0.15) is 0 Å². The Morgan fingerprint density at radius 3 is 2.68 bits per heavy atom. The number of halogens is 2. The maximum Gasteiger partial charge on any atom is 0.321 e. The Morgan fingerprint density at radius 1 is 1.47 bits per heavy atom. The first kappa shape index (κ1) is 14.3. The van der Waals surface area contributed by atoms with Crippen LogP contribution < -0.4 is 5.32 Å². The monoisotopic (exact) mass is 345 g/mol. The normalized spacial score (nSPS) is 15.7. The van der Waals surface area contributed by atoms with E-state index < -0.39 is 11.4 Å². The molecule has 102 valence electrons. The molecule has 0 spiro atoms. The lowest BCUT2D eigenvalue weighted by atomic mass is 10.1. The maximum absolute atomic E-state index is 12.2. The van der Waals surface area contributed by atoms with Crippen molar-refractivity contribution in [2.45, 2.75) is 19.8 Å². The first-order valence-corrected chi connectivity index (χ1v) is 7.10. The van der Waals surface area contributed by atoms with E-state index in [0.717, 1.165) is 4.47 Å². The van der Waals surface area contributed by atoms with E-state index in [1.54, 1.807) is 25.1 Å². The van der Waals surface area contributed by atoms with Crippen LogP contribution in [0.1, 0.15) is 19.8 Å². The molecule has 4 nitrogen and oxygen atoms in total. The van der Waals surface area contributed by atoms with Gasteiger partial charge in [-0.25, -0.2) is 0 Å². The number of carbonyl (C=O) groups is 2. The van der Waals surface area contributed by atoms with Crippen LogP contribution in [0.3, 0.4) is 0 Å². The molecule has 0 atom stereocenters. The molecule has 1 fully saturated rings. The fraction of sp³-hybridized carbons (Fsp3) is 0.385. The third-order valence-electron chi connectivity index (χ3n) is 3.03. The first-order chi connectivity index (χ1) is 8.99. The fourth-order valence-electron chi connectivity index (χ4n) is 1.75. The van der Waals surface area contributed by atoms with E-state index >= 15 is 0 Å². The largest absolute Gasteiger partial charge is 0.465 e. The number of rotatable bonds is 4. The molecule has 19 heavy (non-hydrogen) atoms. The summed E-state index contributed by atoms with van der Waals surface area (Å²) in [6, 6.07) is 5.14.